The molecule has 1 aromatic carbocycles. The summed E-state index contributed by atoms with van der Waals surface area (Å²) in [6, 6.07) is 7.75. The van der Waals surface area contributed by atoms with Crippen LogP contribution in [0.15, 0.2) is 29.2 Å². The number of thioether (sulfide) groups is 1. The molecule has 1 unspecified atom stereocenters. The van der Waals surface area contributed by atoms with Crippen LogP contribution in [-0.4, -0.2) is 48.6 Å². The summed E-state index contributed by atoms with van der Waals surface area (Å²) in [7, 11) is 0. The van der Waals surface area contributed by atoms with E-state index in [0.29, 0.717) is 18.8 Å². The summed E-state index contributed by atoms with van der Waals surface area (Å²) in [6.45, 7) is 4.22. The van der Waals surface area contributed by atoms with E-state index in [1.54, 1.807) is 4.90 Å². The van der Waals surface area contributed by atoms with Crippen molar-refractivity contribution in [3.05, 3.63) is 24.3 Å². The lowest BCUT2D eigenvalue weighted by Gasteiger charge is -2.30. The van der Waals surface area contributed by atoms with E-state index < -0.39 is 0 Å². The predicted octanol–water partition coefficient (Wildman–Crippen LogP) is 1.32. The van der Waals surface area contributed by atoms with E-state index in [-0.39, 0.29) is 23.8 Å². The molecule has 118 valence electrons. The smallest absolute Gasteiger partial charge is 0.242 e. The zero-order chi connectivity index (χ0) is 15.7. The summed E-state index contributed by atoms with van der Waals surface area (Å²) in [4.78, 5) is 29.3. The highest BCUT2D eigenvalue weighted by molar-refractivity contribution is 8.00. The summed E-state index contributed by atoms with van der Waals surface area (Å²) < 4.78 is 0. The highest BCUT2D eigenvalue weighted by Gasteiger charge is 2.36. The highest BCUT2D eigenvalue weighted by atomic mass is 32.2. The molecule has 0 aromatic heterocycles. The topological polar surface area (TPSA) is 66.6 Å². The average Bonchev–Trinajstić information content (AvgIpc) is 2.93. The molecular formula is C16H21N3O2S. The van der Waals surface area contributed by atoms with Gasteiger partial charge >= 0.3 is 0 Å². The number of carbonyl (C=O) groups excluding carboxylic acids is 2. The molecule has 2 heterocycles. The fraction of sp³-hybridized carbons (Fsp3) is 0.500. The van der Waals surface area contributed by atoms with Crippen LogP contribution in [0.5, 0.6) is 0 Å². The first kappa shape index (κ1) is 15.4. The average molecular weight is 319 g/mol. The minimum Gasteiger partial charge on any atom is -0.341 e. The molecule has 6 heteroatoms. The standard InChI is InChI=1S/C16H21N3O2S/c1-16(10-17)6-7-18(11-16)14(20)8-19-12-4-2-3-5-13(12)22-9-15(19)21/h2-5H,6-11,17H2,1H3. The van der Waals surface area contributed by atoms with E-state index in [1.165, 1.54) is 11.8 Å². The molecule has 2 aliphatic rings. The quantitative estimate of drug-likeness (QED) is 0.912. The van der Waals surface area contributed by atoms with Gasteiger partial charge in [0.15, 0.2) is 0 Å². The van der Waals surface area contributed by atoms with E-state index in [4.69, 9.17) is 5.73 Å². The molecule has 1 saturated heterocycles. The third-order valence-corrected chi connectivity index (χ3v) is 5.55. The summed E-state index contributed by atoms with van der Waals surface area (Å²) in [5.74, 6) is 0.398. The monoisotopic (exact) mass is 319 g/mol. The van der Waals surface area contributed by atoms with Crippen molar-refractivity contribution in [1.29, 1.82) is 0 Å². The number of hydrogen-bond donors (Lipinski definition) is 1. The molecule has 1 fully saturated rings. The first-order chi connectivity index (χ1) is 10.5. The Morgan fingerprint density at radius 1 is 1.41 bits per heavy atom. The lowest BCUT2D eigenvalue weighted by Crippen LogP contribution is -2.45. The maximum Gasteiger partial charge on any atom is 0.242 e. The Labute approximate surface area is 134 Å². The molecule has 0 spiro atoms. The van der Waals surface area contributed by atoms with E-state index in [9.17, 15) is 9.59 Å². The summed E-state index contributed by atoms with van der Waals surface area (Å²) in [6.07, 6.45) is 0.926. The third kappa shape index (κ3) is 2.85. The van der Waals surface area contributed by atoms with Gasteiger partial charge < -0.3 is 15.5 Å². The van der Waals surface area contributed by atoms with Crippen LogP contribution >= 0.6 is 11.8 Å². The van der Waals surface area contributed by atoms with E-state index in [2.05, 4.69) is 6.92 Å². The molecule has 2 N–H and O–H groups in total. The normalized spacial score (nSPS) is 24.5. The first-order valence-electron chi connectivity index (χ1n) is 7.52. The number of carbonyl (C=O) groups is 2. The van der Waals surface area contributed by atoms with Crippen molar-refractivity contribution in [1.82, 2.24) is 4.90 Å². The molecule has 0 radical (unpaired) electrons. The molecule has 5 nitrogen and oxygen atoms in total. The minimum atomic E-state index is -0.00201. The Kier molecular flexibility index (Phi) is 4.14. The lowest BCUT2D eigenvalue weighted by molar-refractivity contribution is -0.130. The van der Waals surface area contributed by atoms with Crippen LogP contribution < -0.4 is 10.6 Å². The molecule has 0 aliphatic carbocycles. The Morgan fingerprint density at radius 2 is 2.18 bits per heavy atom. The second kappa shape index (κ2) is 5.93. The molecule has 0 bridgehead atoms. The Balaban J connectivity index is 1.73. The van der Waals surface area contributed by atoms with E-state index in [1.807, 2.05) is 29.2 Å². The number of likely N-dealkylation sites (tertiary alicyclic amines) is 1. The number of amides is 2. The second-order valence-corrected chi connectivity index (χ2v) is 7.33. The number of hydrogen-bond acceptors (Lipinski definition) is 4. The van der Waals surface area contributed by atoms with Crippen molar-refractivity contribution in [2.75, 3.05) is 36.8 Å². The molecule has 2 amide bonds. The third-order valence-electron chi connectivity index (χ3n) is 4.50. The van der Waals surface area contributed by atoms with Crippen molar-refractivity contribution >= 4 is 29.3 Å². The summed E-state index contributed by atoms with van der Waals surface area (Å²) in [5.41, 5.74) is 6.65. The van der Waals surface area contributed by atoms with Gasteiger partial charge in [0.2, 0.25) is 11.8 Å². The van der Waals surface area contributed by atoms with Gasteiger partial charge in [0.05, 0.1) is 11.4 Å². The number of anilines is 1. The molecule has 22 heavy (non-hydrogen) atoms. The lowest BCUT2D eigenvalue weighted by atomic mass is 9.90. The first-order valence-corrected chi connectivity index (χ1v) is 8.51. The number of fused-ring (bicyclic) bond motifs is 1. The van der Waals surface area contributed by atoms with Crippen LogP contribution in [0.25, 0.3) is 0 Å². The molecule has 0 saturated carbocycles. The Bertz CT molecular complexity index is 607. The van der Waals surface area contributed by atoms with Crippen molar-refractivity contribution < 1.29 is 9.59 Å². The Morgan fingerprint density at radius 3 is 2.91 bits per heavy atom. The van der Waals surface area contributed by atoms with Gasteiger partial charge in [0, 0.05) is 18.0 Å². The zero-order valence-corrected chi connectivity index (χ0v) is 13.6. The van der Waals surface area contributed by atoms with Gasteiger partial charge in [-0.05, 0) is 30.5 Å². The molecule has 3 rings (SSSR count). The highest BCUT2D eigenvalue weighted by Crippen LogP contribution is 2.35. The van der Waals surface area contributed by atoms with E-state index in [0.717, 1.165) is 23.5 Å². The zero-order valence-electron chi connectivity index (χ0n) is 12.7. The largest absolute Gasteiger partial charge is 0.341 e. The second-order valence-electron chi connectivity index (χ2n) is 6.32. The van der Waals surface area contributed by atoms with Crippen LogP contribution in [0.1, 0.15) is 13.3 Å². The molecular weight excluding hydrogens is 298 g/mol. The van der Waals surface area contributed by atoms with Gasteiger partial charge in [0.1, 0.15) is 6.54 Å². The number of para-hydroxylation sites is 1. The predicted molar refractivity (Wildman–Crippen MR) is 87.9 cm³/mol. The maximum absolute atomic E-state index is 12.6. The number of nitrogens with two attached hydrogens (primary N) is 1. The van der Waals surface area contributed by atoms with Crippen molar-refractivity contribution in [3.63, 3.8) is 0 Å². The van der Waals surface area contributed by atoms with Crippen molar-refractivity contribution in [2.24, 2.45) is 11.1 Å². The van der Waals surface area contributed by atoms with Crippen molar-refractivity contribution in [3.8, 4) is 0 Å². The number of rotatable bonds is 3. The molecule has 1 atom stereocenters. The summed E-state index contributed by atoms with van der Waals surface area (Å²) in [5, 5.41) is 0. The van der Waals surface area contributed by atoms with Gasteiger partial charge in [-0.1, -0.05) is 19.1 Å². The molecule has 1 aromatic rings. The van der Waals surface area contributed by atoms with Crippen LogP contribution in [0, 0.1) is 5.41 Å². The van der Waals surface area contributed by atoms with Crippen LogP contribution in [0.2, 0.25) is 0 Å². The number of benzene rings is 1. The van der Waals surface area contributed by atoms with Crippen LogP contribution in [0.3, 0.4) is 0 Å². The Hall–Kier alpha value is -1.53. The fourth-order valence-corrected chi connectivity index (χ4v) is 3.90. The van der Waals surface area contributed by atoms with Crippen LogP contribution in [0.4, 0.5) is 5.69 Å². The fourth-order valence-electron chi connectivity index (χ4n) is 2.97. The SMILES string of the molecule is CC1(CN)CCN(C(=O)CN2C(=O)CSc3ccccc32)C1. The maximum atomic E-state index is 12.6. The minimum absolute atomic E-state index is 0.00201. The van der Waals surface area contributed by atoms with Gasteiger partial charge in [0.25, 0.3) is 0 Å². The van der Waals surface area contributed by atoms with Crippen molar-refractivity contribution in [2.45, 2.75) is 18.2 Å². The number of nitrogens with zero attached hydrogens (tertiary/aromatic N) is 2. The van der Waals surface area contributed by atoms with Gasteiger partial charge in [-0.3, -0.25) is 9.59 Å². The van der Waals surface area contributed by atoms with Crippen LogP contribution in [-0.2, 0) is 9.59 Å². The van der Waals surface area contributed by atoms with Gasteiger partial charge in [-0.25, -0.2) is 0 Å². The van der Waals surface area contributed by atoms with Gasteiger partial charge in [-0.2, -0.15) is 0 Å². The summed E-state index contributed by atoms with van der Waals surface area (Å²) >= 11 is 1.53. The molecule has 2 aliphatic heterocycles. The van der Waals surface area contributed by atoms with Gasteiger partial charge in [-0.15, -0.1) is 11.8 Å². The van der Waals surface area contributed by atoms with E-state index >= 15 is 0 Å².